The molecule has 0 saturated heterocycles. The Morgan fingerprint density at radius 2 is 1.95 bits per heavy atom. The van der Waals surface area contributed by atoms with Crippen LogP contribution in [-0.4, -0.2) is 24.3 Å². The van der Waals surface area contributed by atoms with Crippen LogP contribution in [0.25, 0.3) is 0 Å². The molecule has 0 radical (unpaired) electrons. The minimum atomic E-state index is -0.397. The fourth-order valence-electron chi connectivity index (χ4n) is 2.43. The Bertz CT molecular complexity index is 621. The number of ether oxygens (including phenoxy) is 2. The summed E-state index contributed by atoms with van der Waals surface area (Å²) in [5, 5.41) is 9.41. The van der Waals surface area contributed by atoms with Crippen molar-refractivity contribution in [3.8, 4) is 11.5 Å². The van der Waals surface area contributed by atoms with E-state index in [0.29, 0.717) is 17.2 Å². The number of methoxy groups -OCH3 is 2. The largest absolute Gasteiger partial charge is 0.496 e. The molecule has 2 atom stereocenters. The summed E-state index contributed by atoms with van der Waals surface area (Å²) in [6.07, 6.45) is 2.87. The van der Waals surface area contributed by atoms with E-state index in [1.165, 1.54) is 17.8 Å². The Morgan fingerprint density at radius 3 is 2.52 bits per heavy atom. The molecule has 2 aromatic rings. The van der Waals surface area contributed by atoms with E-state index in [9.17, 15) is 0 Å². The van der Waals surface area contributed by atoms with Crippen molar-refractivity contribution >= 4 is 0 Å². The molecule has 0 saturated carbocycles. The third-order valence-corrected chi connectivity index (χ3v) is 3.38. The molecule has 110 valence electrons. The van der Waals surface area contributed by atoms with E-state index >= 15 is 0 Å². The van der Waals surface area contributed by atoms with Crippen LogP contribution in [0.1, 0.15) is 23.3 Å². The molecular formula is C13H15N5O3. The summed E-state index contributed by atoms with van der Waals surface area (Å²) >= 11 is 0. The van der Waals surface area contributed by atoms with Gasteiger partial charge < -0.3 is 13.9 Å². The Morgan fingerprint density at radius 1 is 1.24 bits per heavy atom. The molecule has 0 bridgehead atoms. The van der Waals surface area contributed by atoms with Gasteiger partial charge in [0.15, 0.2) is 6.39 Å². The van der Waals surface area contributed by atoms with Crippen LogP contribution in [0.5, 0.6) is 11.5 Å². The zero-order chi connectivity index (χ0) is 14.8. The van der Waals surface area contributed by atoms with Gasteiger partial charge in [-0.2, -0.15) is 5.11 Å². The Labute approximate surface area is 121 Å². The van der Waals surface area contributed by atoms with Gasteiger partial charge in [-0.05, 0) is 12.1 Å². The number of benzene rings is 1. The summed E-state index contributed by atoms with van der Waals surface area (Å²) in [5.74, 6) is 7.20. The lowest BCUT2D eigenvalue weighted by atomic mass is 9.96. The van der Waals surface area contributed by atoms with E-state index in [1.54, 1.807) is 14.2 Å². The van der Waals surface area contributed by atoms with Crippen molar-refractivity contribution in [2.75, 3.05) is 14.2 Å². The molecule has 1 aromatic carbocycles. The number of aromatic nitrogens is 1. The van der Waals surface area contributed by atoms with Gasteiger partial charge in [0.05, 0.1) is 19.8 Å². The zero-order valence-electron chi connectivity index (χ0n) is 11.6. The van der Waals surface area contributed by atoms with E-state index in [1.807, 2.05) is 18.2 Å². The lowest BCUT2D eigenvalue weighted by molar-refractivity contribution is 0.220. The maximum absolute atomic E-state index is 5.89. The number of hydrogen-bond acceptors (Lipinski definition) is 8. The lowest BCUT2D eigenvalue weighted by Gasteiger charge is -2.22. The molecule has 0 fully saturated rings. The predicted molar refractivity (Wildman–Crippen MR) is 72.4 cm³/mol. The molecule has 0 amide bonds. The number of nitrogens with two attached hydrogens (primary N) is 1. The number of hydrazine groups is 1. The third kappa shape index (κ3) is 2.19. The normalized spacial score (nSPS) is 20.8. The smallest absolute Gasteiger partial charge is 0.180 e. The molecule has 1 aliphatic rings. The van der Waals surface area contributed by atoms with Crippen molar-refractivity contribution < 1.29 is 13.9 Å². The first kappa shape index (κ1) is 13.4. The SMILES string of the molecule is COc1cccc(OC)c1C1N=NN(N)C1c1cocn1. The molecule has 8 heteroatoms. The molecule has 2 unspecified atom stereocenters. The van der Waals surface area contributed by atoms with E-state index in [2.05, 4.69) is 15.3 Å². The first-order chi connectivity index (χ1) is 10.3. The minimum absolute atomic E-state index is 0.381. The third-order valence-electron chi connectivity index (χ3n) is 3.38. The van der Waals surface area contributed by atoms with Crippen molar-refractivity contribution in [1.29, 1.82) is 0 Å². The van der Waals surface area contributed by atoms with Gasteiger partial charge in [-0.3, -0.25) is 0 Å². The molecule has 8 nitrogen and oxygen atoms in total. The lowest BCUT2D eigenvalue weighted by Crippen LogP contribution is -2.29. The number of rotatable bonds is 4. The molecular weight excluding hydrogens is 274 g/mol. The number of hydrogen-bond donors (Lipinski definition) is 1. The average molecular weight is 289 g/mol. The summed E-state index contributed by atoms with van der Waals surface area (Å²) in [6, 6.07) is 4.75. The first-order valence-corrected chi connectivity index (χ1v) is 6.30. The van der Waals surface area contributed by atoms with Gasteiger partial charge in [0.25, 0.3) is 0 Å². The molecule has 1 aliphatic heterocycles. The van der Waals surface area contributed by atoms with Crippen LogP contribution in [0.3, 0.4) is 0 Å². The van der Waals surface area contributed by atoms with Crippen LogP contribution >= 0.6 is 0 Å². The van der Waals surface area contributed by atoms with Gasteiger partial charge in [-0.1, -0.05) is 11.3 Å². The average Bonchev–Trinajstić information content (AvgIpc) is 3.15. The van der Waals surface area contributed by atoms with Crippen molar-refractivity contribution in [1.82, 2.24) is 10.1 Å². The van der Waals surface area contributed by atoms with Crippen LogP contribution in [0.4, 0.5) is 0 Å². The van der Waals surface area contributed by atoms with E-state index in [-0.39, 0.29) is 6.04 Å². The Kier molecular flexibility index (Phi) is 3.44. The highest BCUT2D eigenvalue weighted by Gasteiger charge is 2.39. The van der Waals surface area contributed by atoms with E-state index < -0.39 is 6.04 Å². The molecule has 1 aromatic heterocycles. The van der Waals surface area contributed by atoms with Crippen LogP contribution < -0.4 is 15.3 Å². The summed E-state index contributed by atoms with van der Waals surface area (Å²) in [6.45, 7) is 0. The quantitative estimate of drug-likeness (QED) is 0.865. The van der Waals surface area contributed by atoms with Crippen LogP contribution in [-0.2, 0) is 0 Å². The maximum atomic E-state index is 5.89. The monoisotopic (exact) mass is 289 g/mol. The minimum Gasteiger partial charge on any atom is -0.496 e. The number of oxazole rings is 1. The predicted octanol–water partition coefficient (Wildman–Crippen LogP) is 2.03. The zero-order valence-corrected chi connectivity index (χ0v) is 11.6. The van der Waals surface area contributed by atoms with Gasteiger partial charge in [0.1, 0.15) is 35.5 Å². The highest BCUT2D eigenvalue weighted by atomic mass is 16.5. The van der Waals surface area contributed by atoms with Gasteiger partial charge in [-0.25, -0.2) is 15.9 Å². The Balaban J connectivity index is 2.09. The maximum Gasteiger partial charge on any atom is 0.180 e. The summed E-state index contributed by atoms with van der Waals surface area (Å²) in [4.78, 5) is 4.15. The highest BCUT2D eigenvalue weighted by molar-refractivity contribution is 5.48. The summed E-state index contributed by atoms with van der Waals surface area (Å²) in [5.41, 5.74) is 1.41. The van der Waals surface area contributed by atoms with Crippen molar-refractivity contribution in [3.63, 3.8) is 0 Å². The molecule has 0 aliphatic carbocycles. The molecule has 3 rings (SSSR count). The molecule has 0 spiro atoms. The second kappa shape index (κ2) is 5.41. The van der Waals surface area contributed by atoms with Crippen molar-refractivity contribution in [2.24, 2.45) is 16.2 Å². The van der Waals surface area contributed by atoms with Crippen LogP contribution in [0, 0.1) is 0 Å². The second-order valence-electron chi connectivity index (χ2n) is 4.46. The van der Waals surface area contributed by atoms with Gasteiger partial charge in [-0.15, -0.1) is 0 Å². The van der Waals surface area contributed by atoms with Crippen LogP contribution in [0.2, 0.25) is 0 Å². The molecule has 2 heterocycles. The topological polar surface area (TPSA) is 98.5 Å². The highest BCUT2D eigenvalue weighted by Crippen LogP contribution is 2.46. The van der Waals surface area contributed by atoms with Gasteiger partial charge >= 0.3 is 0 Å². The second-order valence-corrected chi connectivity index (χ2v) is 4.46. The van der Waals surface area contributed by atoms with Crippen molar-refractivity contribution in [2.45, 2.75) is 12.1 Å². The standard InChI is InChI=1S/C13H15N5O3/c1-19-9-4-3-5-10(20-2)11(9)12-13(18(14)17-16-12)8-6-21-7-15-8/h3-7,12-13H,14H2,1-2H3. The summed E-state index contributed by atoms with van der Waals surface area (Å²) in [7, 11) is 3.19. The van der Waals surface area contributed by atoms with Gasteiger partial charge in [0.2, 0.25) is 0 Å². The van der Waals surface area contributed by atoms with Crippen molar-refractivity contribution in [3.05, 3.63) is 42.1 Å². The fraction of sp³-hybridized carbons (Fsp3) is 0.308. The van der Waals surface area contributed by atoms with Gasteiger partial charge in [0, 0.05) is 0 Å². The first-order valence-electron chi connectivity index (χ1n) is 6.30. The Hall–Kier alpha value is -2.61. The van der Waals surface area contributed by atoms with Crippen LogP contribution in [0.15, 0.2) is 45.6 Å². The fourth-order valence-corrected chi connectivity index (χ4v) is 2.43. The van der Waals surface area contributed by atoms with E-state index in [4.69, 9.17) is 19.7 Å². The molecule has 21 heavy (non-hydrogen) atoms. The number of nitrogens with zero attached hydrogens (tertiary/aromatic N) is 4. The summed E-state index contributed by atoms with van der Waals surface area (Å²) < 4.78 is 15.9. The van der Waals surface area contributed by atoms with E-state index in [0.717, 1.165) is 5.56 Å². The molecule has 2 N–H and O–H groups in total.